The Balaban J connectivity index is 1.33. The number of nitrogen functional groups attached to an aromatic ring is 1. The Morgan fingerprint density at radius 3 is 1.91 bits per heavy atom. The normalized spacial score (nSPS) is 27.6. The molecule has 5 heterocycles. The number of esters is 2. The molecule has 7 rings (SSSR count). The quantitative estimate of drug-likeness (QED) is 0.0728. The number of hydrogen-bond acceptors (Lipinski definition) is 19. The topological polar surface area (TPSA) is 380 Å². The molecule has 0 aromatic heterocycles. The molecule has 0 spiro atoms. The standard InChI is InChI=1S/C61H83ClN12O17/c1-25(2)41-57(84)73-20-16-17-34(73)56(83)69(12)23-37(76)71(14)31(10)60(87)90-36(22-62)45(55(82)65-41)68-53(80)39-40(63)49(78)30(9)51-46(39)64-44-33(19-18-28(7)50(44)91-51)52(79)67-43-32(11)89-61(88)47(27(5)6)72(15)38(77)24-70(13)59(86)48-35(75)21-29(8)74(48)58(85)42(26(3)4)66-54(43)81/h18-19,25-27,29,31-32,34-36,41-43,45,47-48,75H,16-17,20-24,63H2,1-15H3,(H,65,82)(H,66,81)(H,67,79)(H,68,80). The molecule has 1 aromatic rings. The van der Waals surface area contributed by atoms with Gasteiger partial charge in [0.15, 0.2) is 11.3 Å². The minimum atomic E-state index is -2.01. The summed E-state index contributed by atoms with van der Waals surface area (Å²) in [4.78, 5) is 199. The van der Waals surface area contributed by atoms with Crippen LogP contribution in [-0.4, -0.2) is 237 Å². The molecule has 1 aromatic carbocycles. The zero-order chi connectivity index (χ0) is 67.8. The predicted octanol–water partition coefficient (Wildman–Crippen LogP) is -0.332. The second-order valence-electron chi connectivity index (χ2n) is 25.2. The second kappa shape index (κ2) is 28.0. The first-order valence-corrected chi connectivity index (χ1v) is 30.8. The third kappa shape index (κ3) is 13.9. The lowest BCUT2D eigenvalue weighted by Gasteiger charge is -2.37. The lowest BCUT2D eigenvalue weighted by Crippen LogP contribution is -2.62. The molecule has 1 aliphatic carbocycles. The summed E-state index contributed by atoms with van der Waals surface area (Å²) in [6.45, 7) is 16.0. The number of nitrogens with one attached hydrogen (secondary N) is 4. The smallest absolute Gasteiger partial charge is 0.329 e. The molecule has 4 saturated heterocycles. The van der Waals surface area contributed by atoms with Crippen LogP contribution in [0.2, 0.25) is 0 Å². The van der Waals surface area contributed by atoms with E-state index in [0.29, 0.717) is 12.0 Å². The number of amides is 10. The second-order valence-corrected chi connectivity index (χ2v) is 25.5. The van der Waals surface area contributed by atoms with Crippen LogP contribution in [0, 0.1) is 31.6 Å². The summed E-state index contributed by atoms with van der Waals surface area (Å²) in [6, 6.07) is -9.76. The number of ether oxygens (including phenoxy) is 2. The molecule has 29 nitrogen and oxygen atoms in total. The van der Waals surface area contributed by atoms with E-state index in [0.717, 1.165) is 19.6 Å². The maximum absolute atomic E-state index is 15.2. The van der Waals surface area contributed by atoms with E-state index in [2.05, 4.69) is 21.3 Å². The fourth-order valence-corrected chi connectivity index (χ4v) is 12.3. The van der Waals surface area contributed by atoms with Crippen molar-refractivity contribution in [3.63, 3.8) is 0 Å². The first-order chi connectivity index (χ1) is 42.6. The van der Waals surface area contributed by atoms with E-state index in [1.54, 1.807) is 55.4 Å². The summed E-state index contributed by atoms with van der Waals surface area (Å²) in [5, 5.41) is 21.7. The van der Waals surface area contributed by atoms with Gasteiger partial charge in [-0.3, -0.25) is 52.7 Å². The SMILES string of the molecule is Cc1c2oc3c(C)ccc(C(=O)NC4C(=O)NC(C(C)C)C(=O)N5C(C)CC(O)C5C(=O)N(C)CC(=O)N(C)C(C(C)C)C(=O)OC4C)c3nc-2c(C(=O)NC2C(=O)NC(C(C)C)C(=O)N3CCCC3C(=O)N(C)CC(=O)N(C)C(C)C(=O)OC2CCl)c(N)c1=O. The Hall–Kier alpha value is -8.47. The molecule has 4 fully saturated rings. The van der Waals surface area contributed by atoms with Gasteiger partial charge < -0.3 is 75.4 Å². The van der Waals surface area contributed by atoms with Crippen molar-refractivity contribution >= 4 is 99.4 Å². The van der Waals surface area contributed by atoms with Crippen molar-refractivity contribution < 1.29 is 76.5 Å². The lowest BCUT2D eigenvalue weighted by molar-refractivity contribution is -0.163. The van der Waals surface area contributed by atoms with Crippen molar-refractivity contribution in [1.29, 1.82) is 0 Å². The number of hydrogen-bond donors (Lipinski definition) is 6. The van der Waals surface area contributed by atoms with Gasteiger partial charge in [0, 0.05) is 46.3 Å². The number of halogens is 1. The molecule has 12 atom stereocenters. The minimum absolute atomic E-state index is 0.0241. The summed E-state index contributed by atoms with van der Waals surface area (Å²) in [7, 11) is 5.33. The minimum Gasteiger partial charge on any atom is -0.458 e. The van der Waals surface area contributed by atoms with Crippen LogP contribution >= 0.6 is 11.6 Å². The Morgan fingerprint density at radius 2 is 1.32 bits per heavy atom. The number of aliphatic hydroxyl groups is 1. The van der Waals surface area contributed by atoms with Crippen LogP contribution in [0.4, 0.5) is 5.69 Å². The fourth-order valence-electron chi connectivity index (χ4n) is 12.0. The molecule has 91 heavy (non-hydrogen) atoms. The third-order valence-electron chi connectivity index (χ3n) is 17.6. The number of likely N-dealkylation sites (N-methyl/N-ethyl adjacent to an activating group) is 4. The van der Waals surface area contributed by atoms with E-state index in [9.17, 15) is 57.8 Å². The van der Waals surface area contributed by atoms with Crippen LogP contribution in [0.5, 0.6) is 0 Å². The monoisotopic (exact) mass is 1290 g/mol. The number of nitrogens with two attached hydrogens (primary N) is 1. The zero-order valence-corrected chi connectivity index (χ0v) is 54.6. The fraction of sp³-hybridized carbons (Fsp3) is 0.607. The highest BCUT2D eigenvalue weighted by molar-refractivity contribution is 6.19. The van der Waals surface area contributed by atoms with Gasteiger partial charge in [0.25, 0.3) is 11.8 Å². The highest BCUT2D eigenvalue weighted by atomic mass is 35.5. The number of carbonyl (C=O) groups excluding carboxylic acids is 12. The van der Waals surface area contributed by atoms with E-state index < -0.39 is 203 Å². The van der Waals surface area contributed by atoms with Crippen molar-refractivity contribution in [3.8, 4) is 11.5 Å². The Labute approximate surface area is 531 Å². The number of fused-ring (bicyclic) bond motifs is 4. The summed E-state index contributed by atoms with van der Waals surface area (Å²) in [6.07, 6.45) is -4.06. The maximum atomic E-state index is 15.2. The van der Waals surface area contributed by atoms with Crippen LogP contribution in [0.3, 0.4) is 0 Å². The Kier molecular flexibility index (Phi) is 21.5. The number of cyclic esters (lactones) is 2. The van der Waals surface area contributed by atoms with Gasteiger partial charge in [-0.25, -0.2) is 14.6 Å². The lowest BCUT2D eigenvalue weighted by atomic mass is 9.98. The van der Waals surface area contributed by atoms with Gasteiger partial charge >= 0.3 is 11.9 Å². The predicted molar refractivity (Wildman–Crippen MR) is 327 cm³/mol. The van der Waals surface area contributed by atoms with E-state index in [4.69, 9.17) is 36.2 Å². The van der Waals surface area contributed by atoms with Gasteiger partial charge in [-0.1, -0.05) is 47.6 Å². The number of nitrogens with zero attached hydrogens (tertiary/aromatic N) is 7. The molecule has 12 unspecified atom stereocenters. The highest BCUT2D eigenvalue weighted by Gasteiger charge is 2.50. The average Bonchev–Trinajstić information content (AvgIpc) is 1.36. The van der Waals surface area contributed by atoms with Gasteiger partial charge in [-0.2, -0.15) is 0 Å². The van der Waals surface area contributed by atoms with Crippen LogP contribution in [0.1, 0.15) is 113 Å². The van der Waals surface area contributed by atoms with E-state index >= 15 is 9.59 Å². The van der Waals surface area contributed by atoms with Crippen molar-refractivity contribution in [1.82, 2.24) is 55.7 Å². The first kappa shape index (κ1) is 70.0. The van der Waals surface area contributed by atoms with Crippen LogP contribution in [0.15, 0.2) is 21.3 Å². The molecule has 0 saturated carbocycles. The van der Waals surface area contributed by atoms with Crippen molar-refractivity contribution in [3.05, 3.63) is 44.6 Å². The summed E-state index contributed by atoms with van der Waals surface area (Å²) in [5.41, 5.74) is 3.17. The number of carbonyl (C=O) groups is 12. The summed E-state index contributed by atoms with van der Waals surface area (Å²) >= 11 is 6.49. The molecule has 0 radical (unpaired) electrons. The highest BCUT2D eigenvalue weighted by Crippen LogP contribution is 2.36. The average molecular weight is 1290 g/mol. The first-order valence-electron chi connectivity index (χ1n) is 30.2. The van der Waals surface area contributed by atoms with Gasteiger partial charge in [-0.05, 0) is 83.3 Å². The molecular weight excluding hydrogens is 1210 g/mol. The Morgan fingerprint density at radius 1 is 0.747 bits per heavy atom. The number of aromatic nitrogens is 1. The largest absolute Gasteiger partial charge is 0.458 e. The van der Waals surface area contributed by atoms with E-state index in [-0.39, 0.29) is 47.4 Å². The van der Waals surface area contributed by atoms with E-state index in [1.807, 2.05) is 0 Å². The van der Waals surface area contributed by atoms with Crippen LogP contribution in [-0.2, 0) is 57.4 Å². The molecule has 0 bridgehead atoms. The van der Waals surface area contributed by atoms with Crippen LogP contribution < -0.4 is 32.4 Å². The van der Waals surface area contributed by atoms with E-state index in [1.165, 1.54) is 70.9 Å². The zero-order valence-electron chi connectivity index (χ0n) is 53.8. The Bertz CT molecular complexity index is 3470. The summed E-state index contributed by atoms with van der Waals surface area (Å²) < 4.78 is 18.1. The van der Waals surface area contributed by atoms with Gasteiger partial charge in [0.05, 0.1) is 41.9 Å². The molecule has 496 valence electrons. The van der Waals surface area contributed by atoms with Gasteiger partial charge in [0.2, 0.25) is 52.7 Å². The maximum Gasteiger partial charge on any atom is 0.329 e. The third-order valence-corrected chi connectivity index (χ3v) is 17.9. The molecule has 10 amide bonds. The van der Waals surface area contributed by atoms with Crippen molar-refractivity contribution in [2.45, 2.75) is 168 Å². The number of alkyl halides is 1. The number of anilines is 1. The molecule has 5 aliphatic heterocycles. The summed E-state index contributed by atoms with van der Waals surface area (Å²) in [5.74, 6) is -13.8. The number of aliphatic hydroxyl groups excluding tert-OH is 1. The van der Waals surface area contributed by atoms with Crippen molar-refractivity contribution in [2.24, 2.45) is 17.8 Å². The molecule has 7 N–H and O–H groups in total. The molecule has 30 heteroatoms. The van der Waals surface area contributed by atoms with Gasteiger partial charge in [0.1, 0.15) is 71.8 Å². The van der Waals surface area contributed by atoms with Crippen LogP contribution in [0.25, 0.3) is 22.6 Å². The number of rotatable bonds is 8. The molecular formula is C61H83ClN12O17. The molecule has 6 aliphatic rings. The van der Waals surface area contributed by atoms with Gasteiger partial charge in [-0.15, -0.1) is 11.6 Å². The number of benzene rings is 2. The number of aryl methyl sites for hydroxylation is 1. The van der Waals surface area contributed by atoms with Crippen molar-refractivity contribution in [2.75, 3.05) is 59.4 Å².